The van der Waals surface area contributed by atoms with E-state index in [2.05, 4.69) is 6.58 Å². The van der Waals surface area contributed by atoms with Gasteiger partial charge in [0, 0.05) is 12.5 Å². The fraction of sp³-hybridized carbons (Fsp3) is 0.895. The highest BCUT2D eigenvalue weighted by Gasteiger charge is 1.94. The van der Waals surface area contributed by atoms with Crippen molar-refractivity contribution in [1.82, 2.24) is 0 Å². The van der Waals surface area contributed by atoms with Crippen LogP contribution in [0.15, 0.2) is 12.7 Å². The maximum absolute atomic E-state index is 5.62. The van der Waals surface area contributed by atoms with Gasteiger partial charge in [-0.1, -0.05) is 18.9 Å². The predicted molar refractivity (Wildman–Crippen MR) is 104 cm³/mol. The van der Waals surface area contributed by atoms with Crippen LogP contribution in [0.25, 0.3) is 0 Å². The van der Waals surface area contributed by atoms with Crippen molar-refractivity contribution in [3.63, 3.8) is 0 Å². The second kappa shape index (κ2) is 24.8. The molecule has 156 valence electrons. The van der Waals surface area contributed by atoms with Crippen LogP contribution in [-0.2, 0) is 28.4 Å². The minimum atomic E-state index is 0.559. The van der Waals surface area contributed by atoms with Crippen molar-refractivity contribution in [2.75, 3.05) is 85.2 Å². The van der Waals surface area contributed by atoms with Gasteiger partial charge in [0.2, 0.25) is 0 Å². The second-order valence-electron chi connectivity index (χ2n) is 5.53. The van der Waals surface area contributed by atoms with Crippen LogP contribution >= 0.6 is 11.6 Å². The Morgan fingerprint density at radius 1 is 0.500 bits per heavy atom. The van der Waals surface area contributed by atoms with Crippen LogP contribution in [0.1, 0.15) is 25.7 Å². The van der Waals surface area contributed by atoms with Gasteiger partial charge in [0.25, 0.3) is 0 Å². The number of halogens is 1. The van der Waals surface area contributed by atoms with Gasteiger partial charge in [-0.05, 0) is 12.8 Å². The van der Waals surface area contributed by atoms with Crippen LogP contribution in [-0.4, -0.2) is 85.2 Å². The Kier molecular flexibility index (Phi) is 24.6. The highest BCUT2D eigenvalue weighted by atomic mass is 35.5. The molecular weight excluding hydrogens is 360 g/mol. The Labute approximate surface area is 164 Å². The highest BCUT2D eigenvalue weighted by Crippen LogP contribution is 2.01. The zero-order valence-corrected chi connectivity index (χ0v) is 16.9. The third kappa shape index (κ3) is 23.8. The lowest BCUT2D eigenvalue weighted by molar-refractivity contribution is -0.0158. The summed E-state index contributed by atoms with van der Waals surface area (Å²) in [6.45, 7) is 10.7. The molecule has 7 heteroatoms. The van der Waals surface area contributed by atoms with Crippen LogP contribution < -0.4 is 0 Å². The summed E-state index contributed by atoms with van der Waals surface area (Å²) in [6.07, 6.45) is 6.26. The first-order valence-corrected chi connectivity index (χ1v) is 10.1. The van der Waals surface area contributed by atoms with Gasteiger partial charge in [-0.2, -0.15) is 0 Å². The lowest BCUT2D eigenvalue weighted by Gasteiger charge is -2.08. The third-order valence-corrected chi connectivity index (χ3v) is 3.54. The molecule has 0 unspecified atom stereocenters. The number of alkyl halides is 1. The lowest BCUT2D eigenvalue weighted by atomic mass is 10.2. The minimum absolute atomic E-state index is 0.559. The Balaban J connectivity index is 2.96. The molecule has 0 aromatic carbocycles. The number of ether oxygens (including phenoxy) is 6. The third-order valence-electron chi connectivity index (χ3n) is 3.27. The van der Waals surface area contributed by atoms with Gasteiger partial charge in [-0.25, -0.2) is 0 Å². The average Bonchev–Trinajstić information content (AvgIpc) is 2.66. The lowest BCUT2D eigenvalue weighted by Crippen LogP contribution is -2.14. The van der Waals surface area contributed by atoms with Crippen molar-refractivity contribution in [2.45, 2.75) is 25.7 Å². The molecule has 0 amide bonds. The zero-order chi connectivity index (χ0) is 19.0. The van der Waals surface area contributed by atoms with Gasteiger partial charge in [0.15, 0.2) is 0 Å². The summed E-state index contributed by atoms with van der Waals surface area (Å²) in [4.78, 5) is 0. The molecule has 0 atom stereocenters. The Hall–Kier alpha value is -0.210. The first-order valence-electron chi connectivity index (χ1n) is 9.55. The fourth-order valence-corrected chi connectivity index (χ4v) is 2.11. The standard InChI is InChI=1S/C19H37ClO6/c1-2-8-21-10-12-23-14-16-25-18-19-26-17-15-24-13-11-22-9-6-4-3-5-7-20/h2H,1,3-19H2. The van der Waals surface area contributed by atoms with Crippen molar-refractivity contribution in [3.8, 4) is 0 Å². The molecule has 6 nitrogen and oxygen atoms in total. The number of hydrogen-bond donors (Lipinski definition) is 0. The van der Waals surface area contributed by atoms with Crippen LogP contribution in [0.4, 0.5) is 0 Å². The maximum atomic E-state index is 5.62. The van der Waals surface area contributed by atoms with E-state index in [-0.39, 0.29) is 0 Å². The van der Waals surface area contributed by atoms with Crippen LogP contribution in [0.3, 0.4) is 0 Å². The van der Waals surface area contributed by atoms with Crippen molar-refractivity contribution < 1.29 is 28.4 Å². The quantitative estimate of drug-likeness (QED) is 0.150. The van der Waals surface area contributed by atoms with E-state index in [0.717, 1.165) is 25.3 Å². The second-order valence-corrected chi connectivity index (χ2v) is 5.91. The van der Waals surface area contributed by atoms with E-state index < -0.39 is 0 Å². The topological polar surface area (TPSA) is 55.4 Å². The molecule has 0 fully saturated rings. The van der Waals surface area contributed by atoms with Gasteiger partial charge >= 0.3 is 0 Å². The van der Waals surface area contributed by atoms with Gasteiger partial charge in [-0.3, -0.25) is 0 Å². The monoisotopic (exact) mass is 396 g/mol. The number of unbranched alkanes of at least 4 members (excludes halogenated alkanes) is 3. The maximum Gasteiger partial charge on any atom is 0.0704 e. The van der Waals surface area contributed by atoms with Crippen LogP contribution in [0, 0.1) is 0 Å². The van der Waals surface area contributed by atoms with Crippen LogP contribution in [0.5, 0.6) is 0 Å². The molecule has 26 heavy (non-hydrogen) atoms. The summed E-state index contributed by atoms with van der Waals surface area (Å²) >= 11 is 5.62. The molecule has 0 N–H and O–H groups in total. The summed E-state index contributed by atoms with van der Waals surface area (Å²) in [5.74, 6) is 0.754. The summed E-state index contributed by atoms with van der Waals surface area (Å²) < 4.78 is 32.3. The van der Waals surface area contributed by atoms with E-state index in [9.17, 15) is 0 Å². The molecule has 0 saturated heterocycles. The molecule has 0 aliphatic heterocycles. The van der Waals surface area contributed by atoms with E-state index in [1.54, 1.807) is 6.08 Å². The van der Waals surface area contributed by atoms with E-state index in [0.29, 0.717) is 72.7 Å². The summed E-state index contributed by atoms with van der Waals surface area (Å²) in [7, 11) is 0. The summed E-state index contributed by atoms with van der Waals surface area (Å²) in [5.41, 5.74) is 0. The van der Waals surface area contributed by atoms with Gasteiger partial charge in [0.1, 0.15) is 0 Å². The summed E-state index contributed by atoms with van der Waals surface area (Å²) in [6, 6.07) is 0. The van der Waals surface area contributed by atoms with Crippen molar-refractivity contribution in [2.24, 2.45) is 0 Å². The molecule has 0 bridgehead atoms. The molecule has 0 heterocycles. The van der Waals surface area contributed by atoms with Gasteiger partial charge < -0.3 is 28.4 Å². The smallest absolute Gasteiger partial charge is 0.0704 e. The Bertz CT molecular complexity index is 268. The normalized spacial score (nSPS) is 11.1. The Morgan fingerprint density at radius 2 is 0.885 bits per heavy atom. The minimum Gasteiger partial charge on any atom is -0.379 e. The van der Waals surface area contributed by atoms with E-state index in [1.165, 1.54) is 12.8 Å². The van der Waals surface area contributed by atoms with Gasteiger partial charge in [0.05, 0.1) is 72.7 Å². The SMILES string of the molecule is C=CCOCCOCCOCCOCCOCCOCCCCCCCl. The first kappa shape index (κ1) is 25.8. The molecule has 0 aromatic rings. The summed E-state index contributed by atoms with van der Waals surface area (Å²) in [5, 5.41) is 0. The Morgan fingerprint density at radius 3 is 1.31 bits per heavy atom. The van der Waals surface area contributed by atoms with E-state index in [1.807, 2.05) is 0 Å². The number of rotatable bonds is 23. The molecule has 0 saturated carbocycles. The van der Waals surface area contributed by atoms with E-state index >= 15 is 0 Å². The zero-order valence-electron chi connectivity index (χ0n) is 16.1. The van der Waals surface area contributed by atoms with Crippen molar-refractivity contribution in [1.29, 1.82) is 0 Å². The molecule has 0 aliphatic carbocycles. The van der Waals surface area contributed by atoms with Crippen molar-refractivity contribution in [3.05, 3.63) is 12.7 Å². The average molecular weight is 397 g/mol. The molecule has 0 aromatic heterocycles. The molecule has 0 aliphatic rings. The largest absolute Gasteiger partial charge is 0.379 e. The molecule has 0 spiro atoms. The molecule has 0 radical (unpaired) electrons. The van der Waals surface area contributed by atoms with Crippen LogP contribution in [0.2, 0.25) is 0 Å². The van der Waals surface area contributed by atoms with E-state index in [4.69, 9.17) is 40.0 Å². The predicted octanol–water partition coefficient (Wildman–Crippen LogP) is 3.07. The van der Waals surface area contributed by atoms with Crippen molar-refractivity contribution >= 4 is 11.6 Å². The fourth-order valence-electron chi connectivity index (χ4n) is 1.92. The first-order chi connectivity index (χ1) is 12.9. The van der Waals surface area contributed by atoms with Gasteiger partial charge in [-0.15, -0.1) is 18.2 Å². The highest BCUT2D eigenvalue weighted by molar-refractivity contribution is 6.17. The number of hydrogen-bond acceptors (Lipinski definition) is 6. The molecule has 0 rings (SSSR count). The molecular formula is C19H37ClO6.